The predicted octanol–water partition coefficient (Wildman–Crippen LogP) is 0.468. The molecule has 1 saturated heterocycles. The Bertz CT molecular complexity index is 331. The van der Waals surface area contributed by atoms with E-state index in [9.17, 15) is 4.79 Å². The molecule has 5 heteroatoms. The van der Waals surface area contributed by atoms with Crippen LogP contribution in [0.1, 0.15) is 34.2 Å². The summed E-state index contributed by atoms with van der Waals surface area (Å²) in [6, 6.07) is 0. The van der Waals surface area contributed by atoms with Crippen molar-refractivity contribution in [1.82, 2.24) is 14.1 Å². The SMILES string of the molecule is Cc1nn[se]c1C(=O)N1CCCCC1. The molecule has 76 valence electrons. The third kappa shape index (κ3) is 1.88. The first-order valence-electron chi connectivity index (χ1n) is 4.87. The van der Waals surface area contributed by atoms with Crippen LogP contribution in [0.5, 0.6) is 0 Å². The molecule has 0 radical (unpaired) electrons. The van der Waals surface area contributed by atoms with E-state index in [0.29, 0.717) is 0 Å². The van der Waals surface area contributed by atoms with Gasteiger partial charge in [-0.3, -0.25) is 0 Å². The second-order valence-corrected chi connectivity index (χ2v) is 5.12. The van der Waals surface area contributed by atoms with Gasteiger partial charge in [-0.1, -0.05) is 0 Å². The van der Waals surface area contributed by atoms with Crippen LogP contribution in [0.4, 0.5) is 0 Å². The molecule has 1 aromatic rings. The van der Waals surface area contributed by atoms with Crippen LogP contribution in [0, 0.1) is 6.92 Å². The number of rotatable bonds is 1. The molecule has 14 heavy (non-hydrogen) atoms. The van der Waals surface area contributed by atoms with Crippen molar-refractivity contribution in [3.05, 3.63) is 10.1 Å². The zero-order valence-electron chi connectivity index (χ0n) is 8.19. The van der Waals surface area contributed by atoms with Crippen LogP contribution < -0.4 is 0 Å². The molecule has 1 aliphatic heterocycles. The third-order valence-corrected chi connectivity index (χ3v) is 4.20. The fourth-order valence-corrected chi connectivity index (χ4v) is 2.98. The summed E-state index contributed by atoms with van der Waals surface area (Å²) in [5, 5.41) is 3.92. The summed E-state index contributed by atoms with van der Waals surface area (Å²) in [7, 11) is 0. The van der Waals surface area contributed by atoms with Crippen molar-refractivity contribution in [2.75, 3.05) is 13.1 Å². The zero-order chi connectivity index (χ0) is 9.97. The number of amides is 1. The molecule has 0 atom stereocenters. The molecular formula is C9H13N3OSe. The number of carbonyl (C=O) groups excluding carboxylic acids is 1. The summed E-state index contributed by atoms with van der Waals surface area (Å²) in [4.78, 5) is 13.9. The van der Waals surface area contributed by atoms with Gasteiger partial charge in [-0.05, 0) is 0 Å². The average Bonchev–Trinajstić information content (AvgIpc) is 2.65. The van der Waals surface area contributed by atoms with Gasteiger partial charge in [0.15, 0.2) is 0 Å². The Balaban J connectivity index is 2.11. The van der Waals surface area contributed by atoms with E-state index < -0.39 is 0 Å². The number of aryl methyl sites for hydroxylation is 1. The van der Waals surface area contributed by atoms with Crippen LogP contribution in [-0.4, -0.2) is 47.8 Å². The van der Waals surface area contributed by atoms with Crippen LogP contribution in [0.15, 0.2) is 0 Å². The van der Waals surface area contributed by atoms with Crippen molar-refractivity contribution in [3.63, 3.8) is 0 Å². The Kier molecular flexibility index (Phi) is 2.99. The molecular weight excluding hydrogens is 245 g/mol. The van der Waals surface area contributed by atoms with E-state index in [1.807, 2.05) is 11.8 Å². The Hall–Kier alpha value is -0.671. The summed E-state index contributed by atoms with van der Waals surface area (Å²) in [5.74, 6) is 0.173. The standard InChI is InChI=1S/C9H13N3OSe/c1-7-8(14-11-10-7)9(13)12-5-3-2-4-6-12/h2-6H2,1H3. The summed E-state index contributed by atoms with van der Waals surface area (Å²) >= 11 is -0.0708. The number of likely N-dealkylation sites (tertiary alicyclic amines) is 1. The molecule has 1 amide bonds. The molecule has 1 fully saturated rings. The normalized spacial score (nSPS) is 17.1. The number of hydrogen-bond donors (Lipinski definition) is 0. The second kappa shape index (κ2) is 4.24. The van der Waals surface area contributed by atoms with Gasteiger partial charge in [-0.2, -0.15) is 0 Å². The number of hydrogen-bond acceptors (Lipinski definition) is 3. The number of aromatic nitrogens is 2. The molecule has 2 heterocycles. The van der Waals surface area contributed by atoms with Crippen molar-refractivity contribution >= 4 is 20.6 Å². The van der Waals surface area contributed by atoms with Gasteiger partial charge in [-0.25, -0.2) is 0 Å². The molecule has 0 unspecified atom stereocenters. The van der Waals surface area contributed by atoms with E-state index in [1.165, 1.54) is 6.42 Å². The van der Waals surface area contributed by atoms with Crippen LogP contribution in [0.25, 0.3) is 0 Å². The monoisotopic (exact) mass is 259 g/mol. The van der Waals surface area contributed by atoms with Crippen molar-refractivity contribution in [1.29, 1.82) is 0 Å². The van der Waals surface area contributed by atoms with Gasteiger partial charge >= 0.3 is 88.9 Å². The van der Waals surface area contributed by atoms with Crippen molar-refractivity contribution < 1.29 is 4.79 Å². The Labute approximate surface area is 89.3 Å². The zero-order valence-corrected chi connectivity index (χ0v) is 9.91. The van der Waals surface area contributed by atoms with Crippen LogP contribution in [-0.2, 0) is 0 Å². The minimum atomic E-state index is -0.0708. The first-order chi connectivity index (χ1) is 6.79. The molecule has 0 aromatic carbocycles. The Morgan fingerprint density at radius 2 is 2.07 bits per heavy atom. The summed E-state index contributed by atoms with van der Waals surface area (Å²) in [6.45, 7) is 3.69. The topological polar surface area (TPSA) is 46.1 Å². The summed E-state index contributed by atoms with van der Waals surface area (Å²) in [6.07, 6.45) is 3.53. The summed E-state index contributed by atoms with van der Waals surface area (Å²) < 4.78 is 4.77. The molecule has 0 saturated carbocycles. The van der Waals surface area contributed by atoms with Crippen molar-refractivity contribution in [3.8, 4) is 0 Å². The maximum atomic E-state index is 12.0. The number of carbonyl (C=O) groups is 1. The third-order valence-electron chi connectivity index (χ3n) is 2.49. The second-order valence-electron chi connectivity index (χ2n) is 3.54. The molecule has 0 N–H and O–H groups in total. The van der Waals surface area contributed by atoms with Crippen molar-refractivity contribution in [2.24, 2.45) is 0 Å². The number of piperidine rings is 1. The van der Waals surface area contributed by atoms with Gasteiger partial charge in [0.25, 0.3) is 0 Å². The van der Waals surface area contributed by atoms with Crippen LogP contribution in [0.2, 0.25) is 0 Å². The average molecular weight is 258 g/mol. The summed E-state index contributed by atoms with van der Waals surface area (Å²) in [5.41, 5.74) is 0.820. The van der Waals surface area contributed by atoms with Gasteiger partial charge in [0.1, 0.15) is 0 Å². The van der Waals surface area contributed by atoms with Crippen molar-refractivity contribution in [2.45, 2.75) is 26.2 Å². The quantitative estimate of drug-likeness (QED) is 0.688. The first-order valence-corrected chi connectivity index (χ1v) is 6.49. The van der Waals surface area contributed by atoms with Gasteiger partial charge in [0.05, 0.1) is 0 Å². The van der Waals surface area contributed by atoms with E-state index in [2.05, 4.69) is 9.19 Å². The van der Waals surface area contributed by atoms with E-state index >= 15 is 0 Å². The molecule has 0 spiro atoms. The molecule has 1 aliphatic rings. The predicted molar refractivity (Wildman–Crippen MR) is 53.5 cm³/mol. The number of nitrogens with zero attached hydrogens (tertiary/aromatic N) is 3. The van der Waals surface area contributed by atoms with Gasteiger partial charge in [0.2, 0.25) is 0 Å². The van der Waals surface area contributed by atoms with Gasteiger partial charge in [0, 0.05) is 0 Å². The maximum absolute atomic E-state index is 12.0. The Morgan fingerprint density at radius 1 is 1.36 bits per heavy atom. The van der Waals surface area contributed by atoms with E-state index in [4.69, 9.17) is 0 Å². The molecule has 0 bridgehead atoms. The van der Waals surface area contributed by atoms with Crippen LogP contribution >= 0.6 is 0 Å². The molecule has 2 rings (SSSR count). The minimum absolute atomic E-state index is 0.0708. The Morgan fingerprint density at radius 3 is 2.64 bits per heavy atom. The van der Waals surface area contributed by atoms with Crippen LogP contribution in [0.3, 0.4) is 0 Å². The van der Waals surface area contributed by atoms with E-state index in [-0.39, 0.29) is 20.6 Å². The molecule has 1 aromatic heterocycles. The van der Waals surface area contributed by atoms with E-state index in [0.717, 1.165) is 36.1 Å². The fourth-order valence-electron chi connectivity index (χ4n) is 1.67. The molecule has 0 aliphatic carbocycles. The van der Waals surface area contributed by atoms with Gasteiger partial charge in [-0.15, -0.1) is 0 Å². The van der Waals surface area contributed by atoms with Gasteiger partial charge < -0.3 is 0 Å². The fraction of sp³-hybridized carbons (Fsp3) is 0.667. The first kappa shape index (κ1) is 9.87. The van der Waals surface area contributed by atoms with E-state index in [1.54, 1.807) is 0 Å². The molecule has 4 nitrogen and oxygen atoms in total.